The molecule has 7 nitrogen and oxygen atoms in total. The molecule has 0 unspecified atom stereocenters. The van der Waals surface area contributed by atoms with E-state index < -0.39 is 0 Å². The number of carbonyl (C=O) groups is 1. The van der Waals surface area contributed by atoms with Crippen molar-refractivity contribution in [3.8, 4) is 16.9 Å². The van der Waals surface area contributed by atoms with E-state index in [2.05, 4.69) is 26.8 Å². The van der Waals surface area contributed by atoms with Crippen LogP contribution in [-0.2, 0) is 11.4 Å². The smallest absolute Gasteiger partial charge is 0.219 e. The first-order valence-electron chi connectivity index (χ1n) is 11.2. The summed E-state index contributed by atoms with van der Waals surface area (Å²) in [5.41, 5.74) is 10.3. The molecule has 7 heteroatoms. The number of piperidine rings is 1. The van der Waals surface area contributed by atoms with Crippen molar-refractivity contribution in [1.29, 1.82) is 0 Å². The average molecular weight is 442 g/mol. The number of hydrogen-bond acceptors (Lipinski definition) is 5. The van der Waals surface area contributed by atoms with Crippen LogP contribution < -0.4 is 10.5 Å². The fourth-order valence-corrected chi connectivity index (χ4v) is 4.56. The molecule has 2 aromatic heterocycles. The molecular formula is C26H27N5O2. The molecule has 1 aliphatic rings. The topological polar surface area (TPSA) is 86.3 Å². The second-order valence-electron chi connectivity index (χ2n) is 8.45. The highest BCUT2D eigenvalue weighted by Gasteiger charge is 2.25. The van der Waals surface area contributed by atoms with E-state index >= 15 is 0 Å². The molecule has 3 heterocycles. The number of carbonyl (C=O) groups excluding carboxylic acids is 1. The molecule has 2 N–H and O–H groups in total. The molecule has 0 atom stereocenters. The van der Waals surface area contributed by atoms with Crippen LogP contribution >= 0.6 is 0 Å². The summed E-state index contributed by atoms with van der Waals surface area (Å²) in [5, 5.41) is 0.853. The quantitative estimate of drug-likeness (QED) is 0.495. The van der Waals surface area contributed by atoms with Crippen molar-refractivity contribution in [3.05, 3.63) is 72.7 Å². The maximum Gasteiger partial charge on any atom is 0.219 e. The molecular weight excluding hydrogens is 414 g/mol. The number of aromatic nitrogens is 3. The number of nitrogens with two attached hydrogens (primary N) is 1. The maximum atomic E-state index is 11.7. The van der Waals surface area contributed by atoms with Crippen LogP contribution in [0.1, 0.15) is 31.4 Å². The van der Waals surface area contributed by atoms with E-state index in [0.29, 0.717) is 12.4 Å². The Bertz CT molecular complexity index is 1280. The number of nitrogen functional groups attached to an aromatic ring is 1. The Morgan fingerprint density at radius 2 is 1.88 bits per heavy atom. The summed E-state index contributed by atoms with van der Waals surface area (Å²) < 4.78 is 8.25. The lowest BCUT2D eigenvalue weighted by molar-refractivity contribution is -0.130. The Labute approximate surface area is 192 Å². The van der Waals surface area contributed by atoms with Gasteiger partial charge in [-0.05, 0) is 36.1 Å². The van der Waals surface area contributed by atoms with Crippen molar-refractivity contribution in [2.24, 2.45) is 0 Å². The highest BCUT2D eigenvalue weighted by Crippen LogP contribution is 2.37. The van der Waals surface area contributed by atoms with Gasteiger partial charge in [-0.3, -0.25) is 4.79 Å². The lowest BCUT2D eigenvalue weighted by Gasteiger charge is -2.32. The molecule has 1 aliphatic heterocycles. The Morgan fingerprint density at radius 3 is 2.64 bits per heavy atom. The minimum atomic E-state index is 0.130. The van der Waals surface area contributed by atoms with Crippen LogP contribution in [0.25, 0.3) is 22.2 Å². The Hall–Kier alpha value is -3.87. The van der Waals surface area contributed by atoms with E-state index in [4.69, 9.17) is 10.5 Å². The molecule has 0 spiro atoms. The van der Waals surface area contributed by atoms with Crippen molar-refractivity contribution in [2.45, 2.75) is 32.4 Å². The van der Waals surface area contributed by atoms with Crippen LogP contribution in [-0.4, -0.2) is 38.4 Å². The molecule has 0 saturated carbocycles. The first-order valence-corrected chi connectivity index (χ1v) is 11.2. The molecule has 0 bridgehead atoms. The third-order valence-corrected chi connectivity index (χ3v) is 6.34. The first-order chi connectivity index (χ1) is 16.1. The van der Waals surface area contributed by atoms with Crippen LogP contribution in [0.3, 0.4) is 0 Å². The number of hydrogen-bond donors (Lipinski definition) is 1. The Morgan fingerprint density at radius 1 is 1.09 bits per heavy atom. The zero-order valence-electron chi connectivity index (χ0n) is 18.6. The minimum Gasteiger partial charge on any atom is -0.489 e. The number of anilines is 1. The summed E-state index contributed by atoms with van der Waals surface area (Å²) in [6.07, 6.45) is 5.40. The summed E-state index contributed by atoms with van der Waals surface area (Å²) >= 11 is 0. The largest absolute Gasteiger partial charge is 0.489 e. The van der Waals surface area contributed by atoms with Gasteiger partial charge in [0, 0.05) is 37.8 Å². The summed E-state index contributed by atoms with van der Waals surface area (Å²) in [6.45, 7) is 3.63. The number of fused-ring (bicyclic) bond motifs is 1. The molecule has 0 aliphatic carbocycles. The average Bonchev–Trinajstić information content (AvgIpc) is 3.25. The van der Waals surface area contributed by atoms with Crippen molar-refractivity contribution in [3.63, 3.8) is 0 Å². The molecule has 1 amide bonds. The van der Waals surface area contributed by atoms with Gasteiger partial charge >= 0.3 is 0 Å². The normalized spacial score (nSPS) is 14.5. The summed E-state index contributed by atoms with van der Waals surface area (Å²) in [7, 11) is 0. The second kappa shape index (κ2) is 8.94. The number of likely N-dealkylation sites (tertiary alicyclic amines) is 1. The lowest BCUT2D eigenvalue weighted by Crippen LogP contribution is -2.37. The van der Waals surface area contributed by atoms with Gasteiger partial charge < -0.3 is 19.9 Å². The molecule has 5 rings (SSSR count). The fraction of sp³-hybridized carbons (Fsp3) is 0.269. The summed E-state index contributed by atoms with van der Waals surface area (Å²) in [5.74, 6) is 1.39. The van der Waals surface area contributed by atoms with Gasteiger partial charge in [0.1, 0.15) is 30.1 Å². The number of nitrogens with zero attached hydrogens (tertiary/aromatic N) is 4. The zero-order valence-corrected chi connectivity index (χ0v) is 18.6. The van der Waals surface area contributed by atoms with Gasteiger partial charge in [0.2, 0.25) is 5.91 Å². The van der Waals surface area contributed by atoms with Crippen LogP contribution in [0, 0.1) is 0 Å². The van der Waals surface area contributed by atoms with Gasteiger partial charge in [-0.15, -0.1) is 0 Å². The van der Waals surface area contributed by atoms with Gasteiger partial charge in [-0.1, -0.05) is 42.5 Å². The van der Waals surface area contributed by atoms with Crippen molar-refractivity contribution in [1.82, 2.24) is 19.4 Å². The van der Waals surface area contributed by atoms with Gasteiger partial charge in [-0.25, -0.2) is 9.97 Å². The van der Waals surface area contributed by atoms with E-state index in [9.17, 15) is 4.79 Å². The summed E-state index contributed by atoms with van der Waals surface area (Å²) in [6, 6.07) is 18.4. The second-order valence-corrected chi connectivity index (χ2v) is 8.45. The number of amides is 1. The Balaban J connectivity index is 1.47. The van der Waals surface area contributed by atoms with E-state index in [1.807, 2.05) is 53.4 Å². The SMILES string of the molecule is CC(=O)N1CCC(n2cc(-c3cccc(OCc4ccccc4)c3)c3c(N)ncnc32)CC1. The zero-order chi connectivity index (χ0) is 22.8. The van der Waals surface area contributed by atoms with Crippen LogP contribution in [0.2, 0.25) is 0 Å². The van der Waals surface area contributed by atoms with Gasteiger partial charge in [-0.2, -0.15) is 0 Å². The molecule has 1 saturated heterocycles. The van der Waals surface area contributed by atoms with Crippen molar-refractivity contribution >= 4 is 22.8 Å². The minimum absolute atomic E-state index is 0.130. The highest BCUT2D eigenvalue weighted by molar-refractivity contribution is 6.00. The maximum absolute atomic E-state index is 11.7. The molecule has 0 radical (unpaired) electrons. The highest BCUT2D eigenvalue weighted by atomic mass is 16.5. The molecule has 33 heavy (non-hydrogen) atoms. The van der Waals surface area contributed by atoms with Gasteiger partial charge in [0.15, 0.2) is 0 Å². The molecule has 168 valence electrons. The van der Waals surface area contributed by atoms with E-state index in [1.165, 1.54) is 6.33 Å². The monoisotopic (exact) mass is 441 g/mol. The predicted molar refractivity (Wildman–Crippen MR) is 129 cm³/mol. The van der Waals surface area contributed by atoms with E-state index in [1.54, 1.807) is 6.92 Å². The standard InChI is InChI=1S/C26H27N5O2/c1-18(32)30-12-10-21(11-13-30)31-15-23(24-25(27)28-17-29-26(24)31)20-8-5-9-22(14-20)33-16-19-6-3-2-4-7-19/h2-9,14-15,17,21H,10-13,16H2,1H3,(H2,27,28,29). The number of benzene rings is 2. The Kier molecular flexibility index (Phi) is 5.69. The predicted octanol–water partition coefficient (Wildman–Crippen LogP) is 4.44. The van der Waals surface area contributed by atoms with Crippen LogP contribution in [0.15, 0.2) is 67.1 Å². The molecule has 1 fully saturated rings. The first kappa shape index (κ1) is 21.0. The molecule has 4 aromatic rings. The van der Waals surface area contributed by atoms with E-state index in [0.717, 1.165) is 59.4 Å². The fourth-order valence-electron chi connectivity index (χ4n) is 4.56. The lowest BCUT2D eigenvalue weighted by atomic mass is 10.0. The number of rotatable bonds is 5. The number of ether oxygens (including phenoxy) is 1. The van der Waals surface area contributed by atoms with Gasteiger partial charge in [0.05, 0.1) is 5.39 Å². The van der Waals surface area contributed by atoms with Gasteiger partial charge in [0.25, 0.3) is 0 Å². The van der Waals surface area contributed by atoms with Crippen LogP contribution in [0.4, 0.5) is 5.82 Å². The van der Waals surface area contributed by atoms with Crippen molar-refractivity contribution in [2.75, 3.05) is 18.8 Å². The third-order valence-electron chi connectivity index (χ3n) is 6.34. The van der Waals surface area contributed by atoms with Crippen LogP contribution in [0.5, 0.6) is 5.75 Å². The summed E-state index contributed by atoms with van der Waals surface area (Å²) in [4.78, 5) is 22.5. The van der Waals surface area contributed by atoms with Crippen molar-refractivity contribution < 1.29 is 9.53 Å². The molecule has 2 aromatic carbocycles. The van der Waals surface area contributed by atoms with E-state index in [-0.39, 0.29) is 11.9 Å². The third kappa shape index (κ3) is 4.26.